The number of rotatable bonds is 6. The maximum absolute atomic E-state index is 11.5. The average molecular weight is 383 g/mol. The van der Waals surface area contributed by atoms with E-state index in [9.17, 15) is 14.9 Å². The summed E-state index contributed by atoms with van der Waals surface area (Å²) in [5, 5.41) is 15.9. The van der Waals surface area contributed by atoms with Crippen LogP contribution in [-0.4, -0.2) is 42.7 Å². The van der Waals surface area contributed by atoms with Crippen molar-refractivity contribution in [1.82, 2.24) is 24.7 Å². The minimum Gasteiger partial charge on any atom is -0.490 e. The lowest BCUT2D eigenvalue weighted by Crippen LogP contribution is -2.14. The number of carbonyl (C=O) groups is 1. The molecular weight excluding hydrogens is 366 g/mol. The molecule has 0 aliphatic carbocycles. The lowest BCUT2D eigenvalue weighted by molar-refractivity contribution is -0.385. The van der Waals surface area contributed by atoms with Crippen LogP contribution in [0, 0.1) is 17.0 Å². The van der Waals surface area contributed by atoms with Crippen LogP contribution >= 0.6 is 0 Å². The first kappa shape index (κ1) is 18.9. The summed E-state index contributed by atoms with van der Waals surface area (Å²) in [6.45, 7) is 4.44. The number of hydrogen-bond donors (Lipinski definition) is 1. The lowest BCUT2D eigenvalue weighted by Gasteiger charge is -2.09. The number of pyridine rings is 1. The molecule has 3 rings (SSSR count). The van der Waals surface area contributed by atoms with Crippen LogP contribution in [0.2, 0.25) is 0 Å². The van der Waals surface area contributed by atoms with Crippen molar-refractivity contribution in [2.24, 2.45) is 5.73 Å². The monoisotopic (exact) mass is 383 g/mol. The van der Waals surface area contributed by atoms with Gasteiger partial charge in [0.1, 0.15) is 11.4 Å². The number of aryl methyl sites for hydroxylation is 2. The standard InChI is InChI=1S/C17H17N7O4/c1-4-23-12(5-9(2)22-23)17-19-7-10(8-20-17)14-15(24(26)27)13(28-3)6-11(21-14)16(18)25/h5-8H,4H2,1-3H3,(H2,18,25). The van der Waals surface area contributed by atoms with Crippen molar-refractivity contribution < 1.29 is 14.5 Å². The molecule has 0 fully saturated rings. The second kappa shape index (κ2) is 7.39. The minimum atomic E-state index is -0.839. The Labute approximate surface area is 159 Å². The molecule has 3 aromatic rings. The van der Waals surface area contributed by atoms with Crippen molar-refractivity contribution in [1.29, 1.82) is 0 Å². The Morgan fingerprint density at radius 1 is 1.32 bits per heavy atom. The number of primary amides is 1. The van der Waals surface area contributed by atoms with E-state index in [1.54, 1.807) is 4.68 Å². The SMILES string of the molecule is CCn1nc(C)cc1-c1ncc(-c2nc(C(N)=O)cc(OC)c2[N+](=O)[O-])cn1. The molecule has 0 aromatic carbocycles. The van der Waals surface area contributed by atoms with Gasteiger partial charge in [0.05, 0.1) is 17.7 Å². The summed E-state index contributed by atoms with van der Waals surface area (Å²) in [6, 6.07) is 2.97. The van der Waals surface area contributed by atoms with E-state index in [0.717, 1.165) is 17.5 Å². The molecule has 3 aromatic heterocycles. The van der Waals surface area contributed by atoms with E-state index in [2.05, 4.69) is 20.1 Å². The van der Waals surface area contributed by atoms with Crippen LogP contribution < -0.4 is 10.5 Å². The lowest BCUT2D eigenvalue weighted by atomic mass is 10.1. The largest absolute Gasteiger partial charge is 0.490 e. The fourth-order valence-corrected chi connectivity index (χ4v) is 2.72. The third kappa shape index (κ3) is 3.37. The number of methoxy groups -OCH3 is 1. The minimum absolute atomic E-state index is 0.107. The maximum Gasteiger partial charge on any atom is 0.337 e. The molecule has 0 aliphatic rings. The van der Waals surface area contributed by atoms with Gasteiger partial charge in [0.15, 0.2) is 11.5 Å². The molecule has 0 saturated carbocycles. The van der Waals surface area contributed by atoms with E-state index in [0.29, 0.717) is 12.4 Å². The van der Waals surface area contributed by atoms with Crippen molar-refractivity contribution in [2.75, 3.05) is 7.11 Å². The summed E-state index contributed by atoms with van der Waals surface area (Å²) in [6.07, 6.45) is 2.79. The van der Waals surface area contributed by atoms with Gasteiger partial charge in [0, 0.05) is 30.6 Å². The highest BCUT2D eigenvalue weighted by Gasteiger charge is 2.27. The van der Waals surface area contributed by atoms with E-state index in [4.69, 9.17) is 10.5 Å². The van der Waals surface area contributed by atoms with Crippen LogP contribution in [0.3, 0.4) is 0 Å². The maximum atomic E-state index is 11.5. The molecule has 0 spiro atoms. The molecule has 0 saturated heterocycles. The molecule has 1 amide bonds. The third-order valence-corrected chi connectivity index (χ3v) is 3.97. The Kier molecular flexibility index (Phi) is 4.98. The summed E-state index contributed by atoms with van der Waals surface area (Å²) in [4.78, 5) is 35.0. The molecule has 11 heteroatoms. The van der Waals surface area contributed by atoms with Crippen LogP contribution in [0.5, 0.6) is 5.75 Å². The highest BCUT2D eigenvalue weighted by Crippen LogP contribution is 2.36. The van der Waals surface area contributed by atoms with Gasteiger partial charge in [-0.15, -0.1) is 0 Å². The number of aromatic nitrogens is 5. The van der Waals surface area contributed by atoms with Crippen molar-refractivity contribution in [2.45, 2.75) is 20.4 Å². The summed E-state index contributed by atoms with van der Waals surface area (Å²) < 4.78 is 6.80. The van der Waals surface area contributed by atoms with E-state index < -0.39 is 16.5 Å². The summed E-state index contributed by atoms with van der Waals surface area (Å²) in [5.41, 5.74) is 6.39. The van der Waals surface area contributed by atoms with E-state index >= 15 is 0 Å². The highest BCUT2D eigenvalue weighted by atomic mass is 16.6. The summed E-state index contributed by atoms with van der Waals surface area (Å²) in [5.74, 6) is -0.561. The predicted molar refractivity (Wildman–Crippen MR) is 98.6 cm³/mol. The Balaban J connectivity index is 2.14. The molecule has 3 heterocycles. The molecule has 0 unspecified atom stereocenters. The zero-order valence-corrected chi connectivity index (χ0v) is 15.4. The molecule has 0 radical (unpaired) electrons. The van der Waals surface area contributed by atoms with Gasteiger partial charge in [0.2, 0.25) is 5.75 Å². The van der Waals surface area contributed by atoms with Gasteiger partial charge < -0.3 is 10.5 Å². The first-order valence-corrected chi connectivity index (χ1v) is 8.26. The molecule has 28 heavy (non-hydrogen) atoms. The number of carbonyl (C=O) groups excluding carboxylic acids is 1. The van der Waals surface area contributed by atoms with E-state index in [1.807, 2.05) is 19.9 Å². The van der Waals surface area contributed by atoms with Crippen molar-refractivity contribution in [3.8, 4) is 28.5 Å². The molecular formula is C17H17N7O4. The van der Waals surface area contributed by atoms with Gasteiger partial charge in [-0.3, -0.25) is 19.6 Å². The second-order valence-corrected chi connectivity index (χ2v) is 5.81. The Morgan fingerprint density at radius 2 is 2.00 bits per heavy atom. The fourth-order valence-electron chi connectivity index (χ4n) is 2.72. The summed E-state index contributed by atoms with van der Waals surface area (Å²) >= 11 is 0. The number of nitro groups is 1. The third-order valence-electron chi connectivity index (χ3n) is 3.97. The van der Waals surface area contributed by atoms with Crippen LogP contribution in [0.25, 0.3) is 22.8 Å². The van der Waals surface area contributed by atoms with Gasteiger partial charge in [-0.05, 0) is 19.9 Å². The molecule has 11 nitrogen and oxygen atoms in total. The number of nitrogens with zero attached hydrogens (tertiary/aromatic N) is 6. The average Bonchev–Trinajstić information content (AvgIpc) is 3.07. The van der Waals surface area contributed by atoms with Gasteiger partial charge >= 0.3 is 5.69 Å². The Hall–Kier alpha value is -3.89. The quantitative estimate of drug-likeness (QED) is 0.499. The predicted octanol–water partition coefficient (Wildman–Crippen LogP) is 1.75. The van der Waals surface area contributed by atoms with Gasteiger partial charge in [-0.1, -0.05) is 0 Å². The summed E-state index contributed by atoms with van der Waals surface area (Å²) in [7, 11) is 1.25. The molecule has 144 valence electrons. The highest BCUT2D eigenvalue weighted by molar-refractivity contribution is 5.93. The Bertz CT molecular complexity index is 1060. The van der Waals surface area contributed by atoms with Gasteiger partial charge in [-0.2, -0.15) is 5.10 Å². The first-order valence-electron chi connectivity index (χ1n) is 8.26. The number of ether oxygens (including phenoxy) is 1. The van der Waals surface area contributed by atoms with E-state index in [-0.39, 0.29) is 22.7 Å². The van der Waals surface area contributed by atoms with Crippen molar-refractivity contribution in [3.63, 3.8) is 0 Å². The number of hydrogen-bond acceptors (Lipinski definition) is 8. The molecule has 0 atom stereocenters. The van der Waals surface area contributed by atoms with Crippen LogP contribution in [0.15, 0.2) is 24.5 Å². The van der Waals surface area contributed by atoms with Crippen LogP contribution in [0.4, 0.5) is 5.69 Å². The first-order chi connectivity index (χ1) is 13.3. The smallest absolute Gasteiger partial charge is 0.337 e. The normalized spacial score (nSPS) is 10.7. The zero-order chi connectivity index (χ0) is 20.4. The van der Waals surface area contributed by atoms with Crippen LogP contribution in [0.1, 0.15) is 23.1 Å². The molecule has 0 bridgehead atoms. The molecule has 0 aliphatic heterocycles. The molecule has 2 N–H and O–H groups in total. The number of nitrogens with two attached hydrogens (primary N) is 1. The fraction of sp³-hybridized carbons (Fsp3) is 0.235. The van der Waals surface area contributed by atoms with Crippen molar-refractivity contribution in [3.05, 3.63) is 46.0 Å². The topological polar surface area (TPSA) is 152 Å². The number of amides is 1. The van der Waals surface area contributed by atoms with Crippen LogP contribution in [-0.2, 0) is 6.54 Å². The van der Waals surface area contributed by atoms with Gasteiger partial charge in [-0.25, -0.2) is 15.0 Å². The van der Waals surface area contributed by atoms with Gasteiger partial charge in [0.25, 0.3) is 5.91 Å². The second-order valence-electron chi connectivity index (χ2n) is 5.81. The zero-order valence-electron chi connectivity index (χ0n) is 15.4. The van der Waals surface area contributed by atoms with E-state index in [1.165, 1.54) is 19.5 Å². The Morgan fingerprint density at radius 3 is 2.54 bits per heavy atom. The van der Waals surface area contributed by atoms with Crippen molar-refractivity contribution >= 4 is 11.6 Å².